The summed E-state index contributed by atoms with van der Waals surface area (Å²) in [6.07, 6.45) is -4.42. The van der Waals surface area contributed by atoms with Gasteiger partial charge in [-0.15, -0.1) is 0 Å². The van der Waals surface area contributed by atoms with Crippen molar-refractivity contribution < 1.29 is 18.0 Å². The zero-order valence-corrected chi connectivity index (χ0v) is 13.7. The average molecular weight is 425 g/mol. The molecule has 0 aliphatic carbocycles. The molecule has 1 nitrogen and oxygen atoms in total. The van der Waals surface area contributed by atoms with Gasteiger partial charge in [0.1, 0.15) is 0 Å². The van der Waals surface area contributed by atoms with Gasteiger partial charge >= 0.3 is 6.18 Å². The summed E-state index contributed by atoms with van der Waals surface area (Å²) in [5.41, 5.74) is 0.102. The van der Waals surface area contributed by atoms with Crippen LogP contribution in [0.2, 0.25) is 5.02 Å². The third-order valence-electron chi connectivity index (χ3n) is 2.98. The van der Waals surface area contributed by atoms with E-state index in [0.717, 1.165) is 15.7 Å². The summed E-state index contributed by atoms with van der Waals surface area (Å²) in [6, 6.07) is 7.90. The van der Waals surface area contributed by atoms with Gasteiger partial charge in [0.2, 0.25) is 0 Å². The van der Waals surface area contributed by atoms with Crippen LogP contribution in [-0.4, -0.2) is 5.78 Å². The minimum absolute atomic E-state index is 0.236. The van der Waals surface area contributed by atoms with Gasteiger partial charge in [0.15, 0.2) is 5.78 Å². The zero-order chi connectivity index (χ0) is 15.8. The number of aryl methyl sites for hydroxylation is 1. The lowest BCUT2D eigenvalue weighted by atomic mass is 9.97. The Labute approximate surface area is 138 Å². The van der Waals surface area contributed by atoms with Gasteiger partial charge in [0.25, 0.3) is 0 Å². The van der Waals surface area contributed by atoms with Crippen molar-refractivity contribution in [3.8, 4) is 0 Å². The van der Waals surface area contributed by atoms with Crippen molar-refractivity contribution in [1.29, 1.82) is 0 Å². The monoisotopic (exact) mass is 424 g/mol. The van der Waals surface area contributed by atoms with Crippen molar-refractivity contribution in [2.24, 2.45) is 0 Å². The van der Waals surface area contributed by atoms with Gasteiger partial charge in [-0.1, -0.05) is 17.7 Å². The fourth-order valence-electron chi connectivity index (χ4n) is 1.89. The predicted octanol–water partition coefficient (Wildman–Crippen LogP) is 5.50. The summed E-state index contributed by atoms with van der Waals surface area (Å²) in [6.45, 7) is 1.48. The Morgan fingerprint density at radius 1 is 1.14 bits per heavy atom. The van der Waals surface area contributed by atoms with Crippen LogP contribution < -0.4 is 0 Å². The van der Waals surface area contributed by atoms with Gasteiger partial charge in [-0.2, -0.15) is 13.2 Å². The summed E-state index contributed by atoms with van der Waals surface area (Å²) in [7, 11) is 0. The van der Waals surface area contributed by atoms with E-state index >= 15 is 0 Å². The van der Waals surface area contributed by atoms with E-state index in [1.807, 2.05) is 22.6 Å². The molecule has 0 atom stereocenters. The molecule has 0 aliphatic rings. The van der Waals surface area contributed by atoms with E-state index in [4.69, 9.17) is 11.6 Å². The molecule has 0 amide bonds. The van der Waals surface area contributed by atoms with Crippen LogP contribution in [0, 0.1) is 10.5 Å². The molecule has 2 rings (SSSR count). The maximum absolute atomic E-state index is 12.6. The second-order valence-electron chi connectivity index (χ2n) is 4.49. The van der Waals surface area contributed by atoms with Gasteiger partial charge in [0, 0.05) is 14.7 Å². The van der Waals surface area contributed by atoms with Crippen molar-refractivity contribution in [1.82, 2.24) is 0 Å². The van der Waals surface area contributed by atoms with Crippen molar-refractivity contribution in [2.45, 2.75) is 13.1 Å². The smallest absolute Gasteiger partial charge is 0.289 e. The second kappa shape index (κ2) is 5.96. The second-order valence-corrected chi connectivity index (χ2v) is 6.05. The zero-order valence-electron chi connectivity index (χ0n) is 10.8. The third-order valence-corrected chi connectivity index (χ3v) is 4.55. The lowest BCUT2D eigenvalue weighted by Crippen LogP contribution is -2.09. The molecule has 21 heavy (non-hydrogen) atoms. The van der Waals surface area contributed by atoms with Gasteiger partial charge in [-0.05, 0) is 65.4 Å². The quantitative estimate of drug-likeness (QED) is 0.459. The van der Waals surface area contributed by atoms with Crippen LogP contribution in [0.3, 0.4) is 0 Å². The fourth-order valence-corrected chi connectivity index (χ4v) is 2.40. The minimum atomic E-state index is -4.42. The number of carbonyl (C=O) groups excluding carboxylic acids is 1. The largest absolute Gasteiger partial charge is 0.416 e. The number of rotatable bonds is 2. The number of benzene rings is 2. The summed E-state index contributed by atoms with van der Waals surface area (Å²) in [4.78, 5) is 12.3. The lowest BCUT2D eigenvalue weighted by molar-refractivity contribution is -0.137. The highest BCUT2D eigenvalue weighted by Crippen LogP contribution is 2.31. The number of alkyl halides is 3. The van der Waals surface area contributed by atoms with E-state index in [1.54, 1.807) is 12.1 Å². The average Bonchev–Trinajstić information content (AvgIpc) is 2.40. The summed E-state index contributed by atoms with van der Waals surface area (Å²) in [5, 5.41) is 0.436. The maximum atomic E-state index is 12.6. The molecular weight excluding hydrogens is 416 g/mol. The summed E-state index contributed by atoms with van der Waals surface area (Å²) in [5.74, 6) is -0.348. The van der Waals surface area contributed by atoms with E-state index in [-0.39, 0.29) is 16.9 Å². The molecule has 0 spiro atoms. The van der Waals surface area contributed by atoms with Crippen LogP contribution in [0.25, 0.3) is 0 Å². The third kappa shape index (κ3) is 3.58. The molecule has 2 aromatic rings. The van der Waals surface area contributed by atoms with Crippen LogP contribution in [-0.2, 0) is 6.18 Å². The summed E-state index contributed by atoms with van der Waals surface area (Å²) >= 11 is 7.99. The summed E-state index contributed by atoms with van der Waals surface area (Å²) < 4.78 is 38.7. The molecule has 0 unspecified atom stereocenters. The van der Waals surface area contributed by atoms with Gasteiger partial charge in [-0.25, -0.2) is 0 Å². The molecule has 0 N–H and O–H groups in total. The molecule has 0 saturated carbocycles. The predicted molar refractivity (Wildman–Crippen MR) is 83.8 cm³/mol. The minimum Gasteiger partial charge on any atom is -0.289 e. The first-order chi connectivity index (χ1) is 9.70. The number of hydrogen-bond acceptors (Lipinski definition) is 1. The van der Waals surface area contributed by atoms with Crippen molar-refractivity contribution >= 4 is 40.0 Å². The van der Waals surface area contributed by atoms with Crippen LogP contribution in [0.1, 0.15) is 27.0 Å². The number of carbonyl (C=O) groups is 1. The molecule has 0 bridgehead atoms. The molecule has 0 fully saturated rings. The SMILES string of the molecule is Cc1cc(C(F)(F)F)ccc1C(=O)c1ccc(I)c(Cl)c1. The molecule has 0 saturated heterocycles. The Morgan fingerprint density at radius 2 is 1.81 bits per heavy atom. The molecule has 0 heterocycles. The normalized spacial score (nSPS) is 11.5. The van der Waals surface area contributed by atoms with E-state index in [2.05, 4.69) is 0 Å². The highest BCUT2D eigenvalue weighted by atomic mass is 127. The van der Waals surface area contributed by atoms with Crippen LogP contribution >= 0.6 is 34.2 Å². The Kier molecular flexibility index (Phi) is 4.63. The van der Waals surface area contributed by atoms with Crippen molar-refractivity contribution in [3.05, 3.63) is 67.2 Å². The van der Waals surface area contributed by atoms with E-state index in [9.17, 15) is 18.0 Å². The number of ketones is 1. The molecule has 6 heteroatoms. The molecule has 2 aromatic carbocycles. The maximum Gasteiger partial charge on any atom is 0.416 e. The van der Waals surface area contributed by atoms with E-state index in [1.165, 1.54) is 19.1 Å². The Bertz CT molecular complexity index is 711. The highest BCUT2D eigenvalue weighted by molar-refractivity contribution is 14.1. The van der Waals surface area contributed by atoms with Crippen LogP contribution in [0.5, 0.6) is 0 Å². The first kappa shape index (κ1) is 16.3. The van der Waals surface area contributed by atoms with Gasteiger partial charge < -0.3 is 0 Å². The topological polar surface area (TPSA) is 17.1 Å². The van der Waals surface area contributed by atoms with Crippen LogP contribution in [0.15, 0.2) is 36.4 Å². The van der Waals surface area contributed by atoms with E-state index < -0.39 is 11.7 Å². The number of halogens is 5. The molecule has 0 aliphatic heterocycles. The van der Waals surface area contributed by atoms with Crippen molar-refractivity contribution in [2.75, 3.05) is 0 Å². The van der Waals surface area contributed by atoms with Crippen LogP contribution in [0.4, 0.5) is 13.2 Å². The Balaban J connectivity index is 2.42. The first-order valence-corrected chi connectivity index (χ1v) is 7.33. The van der Waals surface area contributed by atoms with Gasteiger partial charge in [-0.3, -0.25) is 4.79 Å². The highest BCUT2D eigenvalue weighted by Gasteiger charge is 2.31. The first-order valence-electron chi connectivity index (χ1n) is 5.88. The van der Waals surface area contributed by atoms with Crippen molar-refractivity contribution in [3.63, 3.8) is 0 Å². The lowest BCUT2D eigenvalue weighted by Gasteiger charge is -2.11. The Hall–Kier alpha value is -1.08. The Morgan fingerprint density at radius 3 is 2.33 bits per heavy atom. The molecule has 110 valence electrons. The molecular formula is C15H9ClF3IO. The van der Waals surface area contributed by atoms with Gasteiger partial charge in [0.05, 0.1) is 10.6 Å². The fraction of sp³-hybridized carbons (Fsp3) is 0.133. The molecule has 0 aromatic heterocycles. The molecule has 0 radical (unpaired) electrons. The standard InChI is InChI=1S/C15H9ClF3IO/c1-8-6-10(15(17,18)19)3-4-11(8)14(21)9-2-5-13(20)12(16)7-9/h2-7H,1H3. The van der Waals surface area contributed by atoms with E-state index in [0.29, 0.717) is 10.6 Å². The number of hydrogen-bond donors (Lipinski definition) is 0.